The molecule has 13 heavy (non-hydrogen) atoms. The van der Waals surface area contributed by atoms with Gasteiger partial charge >= 0.3 is 0 Å². The minimum atomic E-state index is -2.60. The van der Waals surface area contributed by atoms with Crippen molar-refractivity contribution in [1.29, 1.82) is 0 Å². The highest BCUT2D eigenvalue weighted by atomic mass is 19.3. The first-order valence-corrected chi connectivity index (χ1v) is 4.17. The van der Waals surface area contributed by atoms with Crippen LogP contribution in [0, 0.1) is 5.92 Å². The summed E-state index contributed by atoms with van der Waals surface area (Å²) in [4.78, 5) is 12.9. The maximum atomic E-state index is 12.4. The molecule has 0 heterocycles. The number of hydrogen-bond donors (Lipinski definition) is 0. The highest BCUT2D eigenvalue weighted by Crippen LogP contribution is 2.42. The van der Waals surface area contributed by atoms with E-state index in [0.29, 0.717) is 0 Å². The van der Waals surface area contributed by atoms with E-state index >= 15 is 0 Å². The molecule has 74 valence electrons. The van der Waals surface area contributed by atoms with Gasteiger partial charge in [0.25, 0.3) is 0 Å². The maximum absolute atomic E-state index is 12.4. The first kappa shape index (κ1) is 10.2. The fourth-order valence-electron chi connectivity index (χ4n) is 1.22. The standard InChI is InChI=1S/C9H13F2NO/c1-12(2)4-3-8(13)7-5-9(10,11)6-7/h3-4,7H,5-6H2,1-2H3/b4-3+. The summed E-state index contributed by atoms with van der Waals surface area (Å²) in [6.45, 7) is 0. The van der Waals surface area contributed by atoms with Crippen molar-refractivity contribution >= 4 is 5.78 Å². The van der Waals surface area contributed by atoms with Crippen LogP contribution in [0.2, 0.25) is 0 Å². The highest BCUT2D eigenvalue weighted by Gasteiger charge is 2.47. The Balaban J connectivity index is 2.35. The number of ketones is 1. The molecule has 0 atom stereocenters. The van der Waals surface area contributed by atoms with Crippen molar-refractivity contribution in [2.24, 2.45) is 5.92 Å². The predicted molar refractivity (Wildman–Crippen MR) is 45.5 cm³/mol. The lowest BCUT2D eigenvalue weighted by Gasteiger charge is -2.32. The van der Waals surface area contributed by atoms with E-state index in [1.54, 1.807) is 25.2 Å². The van der Waals surface area contributed by atoms with Gasteiger partial charge in [0, 0.05) is 39.1 Å². The summed E-state index contributed by atoms with van der Waals surface area (Å²) in [5.41, 5.74) is 0. The van der Waals surface area contributed by atoms with Crippen molar-refractivity contribution < 1.29 is 13.6 Å². The van der Waals surface area contributed by atoms with Crippen molar-refractivity contribution in [3.63, 3.8) is 0 Å². The molecule has 0 bridgehead atoms. The number of carbonyl (C=O) groups excluding carboxylic acids is 1. The Morgan fingerprint density at radius 3 is 2.38 bits per heavy atom. The minimum Gasteiger partial charge on any atom is -0.383 e. The van der Waals surface area contributed by atoms with E-state index in [-0.39, 0.29) is 18.6 Å². The molecule has 0 spiro atoms. The van der Waals surface area contributed by atoms with E-state index in [1.807, 2.05) is 0 Å². The monoisotopic (exact) mass is 189 g/mol. The molecule has 0 N–H and O–H groups in total. The number of hydrogen-bond acceptors (Lipinski definition) is 2. The lowest BCUT2D eigenvalue weighted by atomic mass is 9.78. The van der Waals surface area contributed by atoms with Gasteiger partial charge in [-0.2, -0.15) is 0 Å². The topological polar surface area (TPSA) is 20.3 Å². The average molecular weight is 189 g/mol. The number of nitrogens with zero attached hydrogens (tertiary/aromatic N) is 1. The first-order chi connectivity index (χ1) is 5.91. The van der Waals surface area contributed by atoms with Gasteiger partial charge in [-0.25, -0.2) is 8.78 Å². The molecule has 1 aliphatic carbocycles. The van der Waals surface area contributed by atoms with E-state index < -0.39 is 11.8 Å². The summed E-state index contributed by atoms with van der Waals surface area (Å²) in [7, 11) is 3.55. The van der Waals surface area contributed by atoms with Gasteiger partial charge < -0.3 is 4.90 Å². The molecular weight excluding hydrogens is 176 g/mol. The molecule has 2 nitrogen and oxygen atoms in total. The van der Waals surface area contributed by atoms with Gasteiger partial charge in [-0.05, 0) is 6.08 Å². The summed E-state index contributed by atoms with van der Waals surface area (Å²) in [6.07, 6.45) is 2.37. The third-order valence-corrected chi connectivity index (χ3v) is 2.03. The van der Waals surface area contributed by atoms with Crippen molar-refractivity contribution in [2.75, 3.05) is 14.1 Å². The third kappa shape index (κ3) is 2.79. The largest absolute Gasteiger partial charge is 0.383 e. The van der Waals surface area contributed by atoms with Crippen LogP contribution in [-0.2, 0) is 4.79 Å². The van der Waals surface area contributed by atoms with Gasteiger partial charge in [-0.15, -0.1) is 0 Å². The quantitative estimate of drug-likeness (QED) is 0.629. The summed E-state index contributed by atoms with van der Waals surface area (Å²) in [5, 5.41) is 0. The average Bonchev–Trinajstić information content (AvgIpc) is 1.95. The highest BCUT2D eigenvalue weighted by molar-refractivity contribution is 5.92. The lowest BCUT2D eigenvalue weighted by Crippen LogP contribution is -2.39. The predicted octanol–water partition coefficient (Wildman–Crippen LogP) is 1.68. The molecular formula is C9H13F2NO. The normalized spacial score (nSPS) is 21.5. The summed E-state index contributed by atoms with van der Waals surface area (Å²) in [5.74, 6) is -3.27. The van der Waals surface area contributed by atoms with Crippen LogP contribution in [0.1, 0.15) is 12.8 Å². The van der Waals surface area contributed by atoms with Crippen molar-refractivity contribution in [2.45, 2.75) is 18.8 Å². The molecule has 0 aromatic rings. The molecule has 1 aliphatic rings. The van der Waals surface area contributed by atoms with Crippen LogP contribution >= 0.6 is 0 Å². The molecule has 0 aromatic carbocycles. The Morgan fingerprint density at radius 1 is 1.46 bits per heavy atom. The molecule has 1 rings (SSSR count). The molecule has 0 radical (unpaired) electrons. The van der Waals surface area contributed by atoms with Gasteiger partial charge in [0.2, 0.25) is 5.92 Å². The van der Waals surface area contributed by atoms with Gasteiger partial charge in [0.05, 0.1) is 0 Å². The van der Waals surface area contributed by atoms with Crippen molar-refractivity contribution in [3.8, 4) is 0 Å². The zero-order chi connectivity index (χ0) is 10.1. The van der Waals surface area contributed by atoms with Crippen molar-refractivity contribution in [3.05, 3.63) is 12.3 Å². The number of carbonyl (C=O) groups is 1. The summed E-state index contributed by atoms with van der Waals surface area (Å²) in [6, 6.07) is 0. The number of halogens is 2. The molecule has 0 unspecified atom stereocenters. The fourth-order valence-corrected chi connectivity index (χ4v) is 1.22. The summed E-state index contributed by atoms with van der Waals surface area (Å²) < 4.78 is 24.7. The molecule has 4 heteroatoms. The Bertz CT molecular complexity index is 228. The molecule has 0 aliphatic heterocycles. The van der Waals surface area contributed by atoms with Gasteiger partial charge in [0.15, 0.2) is 5.78 Å². The van der Waals surface area contributed by atoms with Crippen LogP contribution in [0.3, 0.4) is 0 Å². The second kappa shape index (κ2) is 3.44. The zero-order valence-corrected chi connectivity index (χ0v) is 7.76. The van der Waals surface area contributed by atoms with Crippen LogP contribution in [0.15, 0.2) is 12.3 Å². The van der Waals surface area contributed by atoms with Gasteiger partial charge in [-0.1, -0.05) is 0 Å². The van der Waals surface area contributed by atoms with Crippen molar-refractivity contribution in [1.82, 2.24) is 4.90 Å². The molecule has 0 aromatic heterocycles. The Labute approximate surface area is 76.2 Å². The second-order valence-corrected chi connectivity index (χ2v) is 3.64. The van der Waals surface area contributed by atoms with E-state index in [4.69, 9.17) is 0 Å². The smallest absolute Gasteiger partial charge is 0.249 e. The maximum Gasteiger partial charge on any atom is 0.249 e. The van der Waals surface area contributed by atoms with Crippen LogP contribution in [0.25, 0.3) is 0 Å². The van der Waals surface area contributed by atoms with Gasteiger partial charge in [-0.3, -0.25) is 4.79 Å². The Kier molecular flexibility index (Phi) is 2.68. The minimum absolute atomic E-state index is 0.195. The van der Waals surface area contributed by atoms with Crippen LogP contribution in [-0.4, -0.2) is 30.7 Å². The van der Waals surface area contributed by atoms with Crippen LogP contribution in [0.4, 0.5) is 8.78 Å². The van der Waals surface area contributed by atoms with Crippen LogP contribution < -0.4 is 0 Å². The number of alkyl halides is 2. The number of allylic oxidation sites excluding steroid dienone is 1. The van der Waals surface area contributed by atoms with Crippen LogP contribution in [0.5, 0.6) is 0 Å². The zero-order valence-electron chi connectivity index (χ0n) is 7.76. The van der Waals surface area contributed by atoms with E-state index in [0.717, 1.165) is 0 Å². The Hall–Kier alpha value is -0.930. The fraction of sp³-hybridized carbons (Fsp3) is 0.667. The summed E-state index contributed by atoms with van der Waals surface area (Å²) >= 11 is 0. The van der Waals surface area contributed by atoms with Gasteiger partial charge in [0.1, 0.15) is 0 Å². The molecule has 1 fully saturated rings. The second-order valence-electron chi connectivity index (χ2n) is 3.64. The first-order valence-electron chi connectivity index (χ1n) is 4.17. The third-order valence-electron chi connectivity index (χ3n) is 2.03. The van der Waals surface area contributed by atoms with E-state index in [2.05, 4.69) is 0 Å². The van der Waals surface area contributed by atoms with E-state index in [9.17, 15) is 13.6 Å². The molecule has 1 saturated carbocycles. The SMILES string of the molecule is CN(C)/C=C/C(=O)C1CC(F)(F)C1. The molecule has 0 amide bonds. The molecule has 0 saturated heterocycles. The van der Waals surface area contributed by atoms with E-state index in [1.165, 1.54) is 6.08 Å². The Morgan fingerprint density at radius 2 is 2.00 bits per heavy atom. The lowest BCUT2D eigenvalue weighted by molar-refractivity contribution is -0.143. The number of rotatable bonds is 3.